The molecular weight excluding hydrogens is 997 g/mol. The Morgan fingerprint density at radius 1 is 0.392 bits per heavy atom. The molecule has 1 rings (SSSR count). The molecule has 0 spiro atoms. The highest BCUT2D eigenvalue weighted by Crippen LogP contribution is 2.22. The highest BCUT2D eigenvalue weighted by Gasteiger charge is 2.21. The van der Waals surface area contributed by atoms with E-state index in [0.717, 1.165) is 122 Å². The van der Waals surface area contributed by atoms with Crippen molar-refractivity contribution in [1.82, 2.24) is 9.80 Å². The van der Waals surface area contributed by atoms with Gasteiger partial charge in [0.05, 0.1) is 19.8 Å². The lowest BCUT2D eigenvalue weighted by Gasteiger charge is -2.27. The normalized spacial score (nSPS) is 12.3. The second-order valence-corrected chi connectivity index (χ2v) is 22.4. The molecule has 0 heterocycles. The Morgan fingerprint density at radius 2 is 0.785 bits per heavy atom. The summed E-state index contributed by atoms with van der Waals surface area (Å²) >= 11 is 0. The monoisotopic (exact) mass is 1120 g/mol. The summed E-state index contributed by atoms with van der Waals surface area (Å²) in [5.74, 6) is 0.479. The quantitative estimate of drug-likeness (QED) is 0.0348. The lowest BCUT2D eigenvalue weighted by molar-refractivity contribution is -0.146. The van der Waals surface area contributed by atoms with E-state index < -0.39 is 12.3 Å². The standard InChI is InChI=1S/C66H120N2O11/c1-8-15-21-30-41-61(43-32-45-63(69)76-56-59(35-24-17-10-3)36-25-18-11-4)78-65(71)74-53-50-68(49-48-67(14-7)47-34-52-73-55-58-39-28-23-29-40-58)51-54-75-66(72)79-62(42-31-22-16-9-2)44-33-46-64(70)77-57-60(37-26-19-12-5)38-27-20-13-6/h23,28-29,39-40,59-62H,8-22,24-27,30-38,41-57H2,1-7H3. The van der Waals surface area contributed by atoms with Gasteiger partial charge in [0.15, 0.2) is 0 Å². The molecule has 0 fully saturated rings. The third-order valence-electron chi connectivity index (χ3n) is 15.2. The first-order valence-electron chi connectivity index (χ1n) is 32.6. The van der Waals surface area contributed by atoms with Gasteiger partial charge in [0.25, 0.3) is 0 Å². The maximum Gasteiger partial charge on any atom is 0.508 e. The average molecular weight is 1120 g/mol. The van der Waals surface area contributed by atoms with Gasteiger partial charge in [0.2, 0.25) is 0 Å². The van der Waals surface area contributed by atoms with E-state index in [9.17, 15) is 19.2 Å². The van der Waals surface area contributed by atoms with Crippen molar-refractivity contribution in [2.24, 2.45) is 11.8 Å². The van der Waals surface area contributed by atoms with Gasteiger partial charge in [-0.2, -0.15) is 0 Å². The molecule has 0 saturated carbocycles. The lowest BCUT2D eigenvalue weighted by Crippen LogP contribution is -2.39. The van der Waals surface area contributed by atoms with Crippen LogP contribution >= 0.6 is 0 Å². The number of nitrogens with zero attached hydrogens (tertiary/aromatic N) is 2. The van der Waals surface area contributed by atoms with Crippen LogP contribution in [0, 0.1) is 11.8 Å². The van der Waals surface area contributed by atoms with Gasteiger partial charge in [0, 0.05) is 52.2 Å². The average Bonchev–Trinajstić information content (AvgIpc) is 3.44. The van der Waals surface area contributed by atoms with Crippen LogP contribution in [-0.2, 0) is 49.4 Å². The second kappa shape index (κ2) is 53.9. The van der Waals surface area contributed by atoms with Gasteiger partial charge in [-0.15, -0.1) is 0 Å². The highest BCUT2D eigenvalue weighted by molar-refractivity contribution is 5.69. The molecule has 1 aromatic carbocycles. The first-order valence-corrected chi connectivity index (χ1v) is 32.6. The van der Waals surface area contributed by atoms with E-state index in [1.807, 2.05) is 18.2 Å². The summed E-state index contributed by atoms with van der Waals surface area (Å²) in [4.78, 5) is 56.9. The molecular formula is C66H120N2O11. The summed E-state index contributed by atoms with van der Waals surface area (Å²) in [5.41, 5.74) is 1.16. The number of ether oxygens (including phenoxy) is 7. The fraction of sp³-hybridized carbons (Fsp3) is 0.848. The minimum Gasteiger partial charge on any atom is -0.465 e. The summed E-state index contributed by atoms with van der Waals surface area (Å²) in [6.07, 6.45) is 30.2. The van der Waals surface area contributed by atoms with Crippen LogP contribution in [0.5, 0.6) is 0 Å². The lowest BCUT2D eigenvalue weighted by atomic mass is 9.96. The summed E-state index contributed by atoms with van der Waals surface area (Å²) in [6.45, 7) is 21.8. The fourth-order valence-corrected chi connectivity index (χ4v) is 10.0. The third-order valence-corrected chi connectivity index (χ3v) is 15.2. The van der Waals surface area contributed by atoms with E-state index in [1.54, 1.807) is 0 Å². The molecule has 13 heteroatoms. The van der Waals surface area contributed by atoms with Crippen LogP contribution in [0.3, 0.4) is 0 Å². The first kappa shape index (κ1) is 73.6. The van der Waals surface area contributed by atoms with Crippen molar-refractivity contribution in [3.8, 4) is 0 Å². The van der Waals surface area contributed by atoms with Gasteiger partial charge >= 0.3 is 24.2 Å². The Bertz CT molecular complexity index is 1450. The highest BCUT2D eigenvalue weighted by atomic mass is 16.7. The molecule has 0 radical (unpaired) electrons. The number of rotatable bonds is 56. The molecule has 0 aliphatic carbocycles. The van der Waals surface area contributed by atoms with Gasteiger partial charge in [-0.3, -0.25) is 14.5 Å². The molecule has 13 nitrogen and oxygen atoms in total. The van der Waals surface area contributed by atoms with E-state index in [1.165, 1.54) is 77.0 Å². The van der Waals surface area contributed by atoms with E-state index in [-0.39, 0.29) is 37.4 Å². The molecule has 0 N–H and O–H groups in total. The summed E-state index contributed by atoms with van der Waals surface area (Å²) < 4.78 is 40.9. The zero-order valence-corrected chi connectivity index (χ0v) is 51.9. The van der Waals surface area contributed by atoms with Crippen LogP contribution in [0.1, 0.15) is 266 Å². The van der Waals surface area contributed by atoms with Crippen LogP contribution < -0.4 is 0 Å². The van der Waals surface area contributed by atoms with Crippen molar-refractivity contribution in [3.05, 3.63) is 35.9 Å². The molecule has 2 unspecified atom stereocenters. The van der Waals surface area contributed by atoms with Crippen LogP contribution in [0.15, 0.2) is 30.3 Å². The van der Waals surface area contributed by atoms with Crippen molar-refractivity contribution in [1.29, 1.82) is 0 Å². The molecule has 2 atom stereocenters. The summed E-state index contributed by atoms with van der Waals surface area (Å²) in [6, 6.07) is 10.2. The van der Waals surface area contributed by atoms with Crippen molar-refractivity contribution >= 4 is 24.2 Å². The number of hydrogen-bond donors (Lipinski definition) is 0. The number of benzene rings is 1. The minimum absolute atomic E-state index is 0.107. The second-order valence-electron chi connectivity index (χ2n) is 22.4. The predicted octanol–water partition coefficient (Wildman–Crippen LogP) is 17.2. The number of likely N-dealkylation sites (N-methyl/N-ethyl adjacent to an activating group) is 1. The van der Waals surface area contributed by atoms with Gasteiger partial charge < -0.3 is 38.1 Å². The van der Waals surface area contributed by atoms with Crippen LogP contribution in [0.2, 0.25) is 0 Å². The largest absolute Gasteiger partial charge is 0.508 e. The Morgan fingerprint density at radius 3 is 1.20 bits per heavy atom. The van der Waals surface area contributed by atoms with Crippen LogP contribution in [-0.4, -0.2) is 119 Å². The third kappa shape index (κ3) is 44.9. The Balaban J connectivity index is 2.91. The Kier molecular flexibility index (Phi) is 50.2. The van der Waals surface area contributed by atoms with Gasteiger partial charge in [-0.05, 0) is 107 Å². The number of hydrogen-bond acceptors (Lipinski definition) is 13. The molecule has 0 aliphatic heterocycles. The molecule has 79 heavy (non-hydrogen) atoms. The Hall–Kier alpha value is -3.42. The first-order chi connectivity index (χ1) is 38.6. The van der Waals surface area contributed by atoms with Crippen molar-refractivity contribution in [3.63, 3.8) is 0 Å². The minimum atomic E-state index is -0.706. The summed E-state index contributed by atoms with van der Waals surface area (Å²) in [7, 11) is 0. The molecule has 1 aromatic rings. The van der Waals surface area contributed by atoms with E-state index in [2.05, 4.69) is 70.4 Å². The molecule has 0 amide bonds. The van der Waals surface area contributed by atoms with Gasteiger partial charge in [0.1, 0.15) is 25.4 Å². The smallest absolute Gasteiger partial charge is 0.465 e. The molecule has 0 aromatic heterocycles. The van der Waals surface area contributed by atoms with E-state index >= 15 is 0 Å². The maximum atomic E-state index is 13.3. The van der Waals surface area contributed by atoms with Gasteiger partial charge in [-0.25, -0.2) is 9.59 Å². The van der Waals surface area contributed by atoms with Crippen LogP contribution in [0.25, 0.3) is 0 Å². The fourth-order valence-electron chi connectivity index (χ4n) is 10.0. The van der Waals surface area contributed by atoms with E-state index in [4.69, 9.17) is 33.2 Å². The van der Waals surface area contributed by atoms with Crippen molar-refractivity contribution < 1.29 is 52.3 Å². The van der Waals surface area contributed by atoms with Gasteiger partial charge in [-0.1, -0.05) is 194 Å². The number of esters is 2. The number of carbonyl (C=O) groups is 4. The topological polar surface area (TPSA) is 139 Å². The predicted molar refractivity (Wildman–Crippen MR) is 322 cm³/mol. The number of unbranched alkanes of at least 4 members (excludes halogenated alkanes) is 14. The van der Waals surface area contributed by atoms with Crippen LogP contribution in [0.4, 0.5) is 9.59 Å². The molecule has 0 saturated heterocycles. The number of carbonyl (C=O) groups excluding carboxylic acids is 4. The van der Waals surface area contributed by atoms with Crippen molar-refractivity contribution in [2.45, 2.75) is 279 Å². The molecule has 460 valence electrons. The molecule has 0 bridgehead atoms. The van der Waals surface area contributed by atoms with Crippen molar-refractivity contribution in [2.75, 3.05) is 72.3 Å². The SMILES string of the molecule is CCCCCCC(CCCC(=O)OCC(CCCCC)CCCCC)OC(=O)OCCN(CCOC(=O)OC(CCCCCC)CCCC(=O)OCC(CCCCC)CCCCC)CCN(CC)CCCOCc1ccccc1. The Labute approximate surface area is 483 Å². The van der Waals surface area contributed by atoms with E-state index in [0.29, 0.717) is 96.4 Å². The zero-order chi connectivity index (χ0) is 57.7. The summed E-state index contributed by atoms with van der Waals surface area (Å²) in [5, 5.41) is 0. The zero-order valence-electron chi connectivity index (χ0n) is 51.9. The molecule has 0 aliphatic rings. The maximum absolute atomic E-state index is 13.3.